The van der Waals surface area contributed by atoms with Crippen molar-refractivity contribution in [3.63, 3.8) is 0 Å². The Bertz CT molecular complexity index is 444. The number of amides is 1. The lowest BCUT2D eigenvalue weighted by molar-refractivity contribution is -0.117. The van der Waals surface area contributed by atoms with Gasteiger partial charge in [0.25, 0.3) is 0 Å². The van der Waals surface area contributed by atoms with Crippen LogP contribution >= 0.6 is 15.9 Å². The smallest absolute Gasteiger partial charge is 0.240 e. The Hall–Kier alpha value is -1.14. The van der Waals surface area contributed by atoms with Crippen LogP contribution in [0.25, 0.3) is 0 Å². The molecule has 5 nitrogen and oxygen atoms in total. The van der Waals surface area contributed by atoms with Crippen LogP contribution in [-0.2, 0) is 9.53 Å². The monoisotopic (exact) mass is 330 g/mol. The summed E-state index contributed by atoms with van der Waals surface area (Å²) in [5.41, 5.74) is 1.39. The van der Waals surface area contributed by atoms with Gasteiger partial charge in [-0.2, -0.15) is 0 Å². The van der Waals surface area contributed by atoms with E-state index in [4.69, 9.17) is 9.47 Å². The van der Waals surface area contributed by atoms with Crippen LogP contribution in [0.3, 0.4) is 0 Å². The fraction of sp³-hybridized carbons (Fsp3) is 0.538. The maximum Gasteiger partial charge on any atom is 0.240 e. The highest BCUT2D eigenvalue weighted by Crippen LogP contribution is 2.22. The predicted octanol–water partition coefficient (Wildman–Crippen LogP) is 2.53. The van der Waals surface area contributed by atoms with E-state index in [0.717, 1.165) is 0 Å². The number of nitrogens with zero attached hydrogens (tertiary/aromatic N) is 1. The second-order valence-corrected chi connectivity index (χ2v) is 6.53. The van der Waals surface area contributed by atoms with Gasteiger partial charge in [0.05, 0.1) is 22.3 Å². The molecule has 0 bridgehead atoms. The Morgan fingerprint density at radius 1 is 1.42 bits per heavy atom. The van der Waals surface area contributed by atoms with Gasteiger partial charge in [0.1, 0.15) is 6.61 Å². The first-order chi connectivity index (χ1) is 8.84. The van der Waals surface area contributed by atoms with Gasteiger partial charge in [-0.3, -0.25) is 4.79 Å². The molecule has 0 atom stereocenters. The maximum absolute atomic E-state index is 11.8. The summed E-state index contributed by atoms with van der Waals surface area (Å²) in [5.74, 6) is 0.399. The third-order valence-corrected chi connectivity index (χ3v) is 2.75. The highest BCUT2D eigenvalue weighted by atomic mass is 79.9. The van der Waals surface area contributed by atoms with Crippen molar-refractivity contribution in [2.45, 2.75) is 25.1 Å². The lowest BCUT2D eigenvalue weighted by Crippen LogP contribution is -2.31. The summed E-state index contributed by atoms with van der Waals surface area (Å²) >= 11 is 3.31. The van der Waals surface area contributed by atoms with Crippen molar-refractivity contribution in [2.75, 3.05) is 25.6 Å². The molecule has 1 aromatic rings. The second-order valence-electron chi connectivity index (χ2n) is 4.55. The Balaban J connectivity index is 2.69. The van der Waals surface area contributed by atoms with Gasteiger partial charge >= 0.3 is 0 Å². The number of aromatic nitrogens is 1. The first kappa shape index (κ1) is 15.9. The van der Waals surface area contributed by atoms with Crippen LogP contribution in [0.2, 0.25) is 0 Å². The summed E-state index contributed by atoms with van der Waals surface area (Å²) in [4.78, 5) is 16.1. The Labute approximate surface area is 121 Å². The minimum absolute atomic E-state index is 0.120. The molecule has 6 heteroatoms. The molecule has 0 spiro atoms. The van der Waals surface area contributed by atoms with E-state index in [1.807, 2.05) is 6.92 Å². The molecule has 0 aromatic carbocycles. The summed E-state index contributed by atoms with van der Waals surface area (Å²) in [7, 11) is 1.61. The molecule has 0 fully saturated rings. The first-order valence-electron chi connectivity index (χ1n) is 5.94. The van der Waals surface area contributed by atoms with E-state index in [1.54, 1.807) is 33.1 Å². The number of halogens is 1. The van der Waals surface area contributed by atoms with Crippen LogP contribution in [-0.4, -0.2) is 35.5 Å². The fourth-order valence-electron chi connectivity index (χ4n) is 1.25. The lowest BCUT2D eigenvalue weighted by Gasteiger charge is -2.17. The maximum atomic E-state index is 11.8. The molecule has 0 aliphatic carbocycles. The molecule has 0 saturated carbocycles. The zero-order valence-electron chi connectivity index (χ0n) is 11.6. The molecule has 1 aromatic heterocycles. The van der Waals surface area contributed by atoms with Crippen molar-refractivity contribution in [1.29, 1.82) is 0 Å². The van der Waals surface area contributed by atoms with Crippen molar-refractivity contribution in [3.8, 4) is 5.88 Å². The zero-order chi connectivity index (χ0) is 14.5. The molecular weight excluding hydrogens is 312 g/mol. The quantitative estimate of drug-likeness (QED) is 0.643. The standard InChI is InChI=1S/C13H19BrN2O3/c1-9-10(16-12(17)13(2,3)14)5-6-11(15-9)19-8-7-18-4/h5-6H,7-8H2,1-4H3,(H,16,17). The molecule has 0 unspecified atom stereocenters. The molecule has 0 saturated heterocycles. The van der Waals surface area contributed by atoms with Crippen LogP contribution in [0.5, 0.6) is 5.88 Å². The van der Waals surface area contributed by atoms with Crippen LogP contribution < -0.4 is 10.1 Å². The number of rotatable bonds is 6. The van der Waals surface area contributed by atoms with E-state index in [2.05, 4.69) is 26.2 Å². The van der Waals surface area contributed by atoms with Gasteiger partial charge in [0.2, 0.25) is 11.8 Å². The molecule has 106 valence electrons. The summed E-state index contributed by atoms with van der Waals surface area (Å²) in [5, 5.41) is 2.82. The molecule has 1 rings (SSSR count). The van der Waals surface area contributed by atoms with Gasteiger partial charge in [-0.25, -0.2) is 4.98 Å². The number of nitrogens with one attached hydrogen (secondary N) is 1. The summed E-state index contributed by atoms with van der Waals surface area (Å²) in [6.07, 6.45) is 0. The Morgan fingerprint density at radius 3 is 2.63 bits per heavy atom. The van der Waals surface area contributed by atoms with Crippen LogP contribution in [0.1, 0.15) is 19.5 Å². The Morgan fingerprint density at radius 2 is 2.11 bits per heavy atom. The van der Waals surface area contributed by atoms with Crippen molar-refractivity contribution in [2.24, 2.45) is 0 Å². The van der Waals surface area contributed by atoms with E-state index in [0.29, 0.717) is 30.5 Å². The van der Waals surface area contributed by atoms with Crippen LogP contribution in [0, 0.1) is 6.92 Å². The topological polar surface area (TPSA) is 60.5 Å². The van der Waals surface area contributed by atoms with E-state index in [1.165, 1.54) is 0 Å². The molecule has 0 aliphatic heterocycles. The number of hydrogen-bond donors (Lipinski definition) is 1. The van der Waals surface area contributed by atoms with Crippen molar-refractivity contribution in [1.82, 2.24) is 4.98 Å². The number of alkyl halides is 1. The molecule has 1 amide bonds. The number of methoxy groups -OCH3 is 1. The predicted molar refractivity (Wildman–Crippen MR) is 78.0 cm³/mol. The van der Waals surface area contributed by atoms with E-state index >= 15 is 0 Å². The van der Waals surface area contributed by atoms with Gasteiger partial charge in [-0.15, -0.1) is 0 Å². The average molecular weight is 331 g/mol. The summed E-state index contributed by atoms with van der Waals surface area (Å²) in [6, 6.07) is 3.50. The van der Waals surface area contributed by atoms with Crippen molar-refractivity contribution < 1.29 is 14.3 Å². The highest BCUT2D eigenvalue weighted by Gasteiger charge is 2.24. The van der Waals surface area contributed by atoms with Crippen LogP contribution in [0.4, 0.5) is 5.69 Å². The zero-order valence-corrected chi connectivity index (χ0v) is 13.2. The van der Waals surface area contributed by atoms with Gasteiger partial charge in [0.15, 0.2) is 0 Å². The number of aryl methyl sites for hydroxylation is 1. The summed E-state index contributed by atoms with van der Waals surface area (Å²) in [6.45, 7) is 6.35. The van der Waals surface area contributed by atoms with Gasteiger partial charge in [-0.05, 0) is 26.8 Å². The molecule has 0 aliphatic rings. The fourth-order valence-corrected chi connectivity index (χ4v) is 1.35. The first-order valence-corrected chi connectivity index (χ1v) is 6.73. The van der Waals surface area contributed by atoms with E-state index in [9.17, 15) is 4.79 Å². The number of hydrogen-bond acceptors (Lipinski definition) is 4. The average Bonchev–Trinajstić information content (AvgIpc) is 2.31. The third-order valence-electron chi connectivity index (χ3n) is 2.39. The molecule has 1 heterocycles. The van der Waals surface area contributed by atoms with Crippen LogP contribution in [0.15, 0.2) is 12.1 Å². The van der Waals surface area contributed by atoms with Crippen molar-refractivity contribution >= 4 is 27.5 Å². The number of carbonyl (C=O) groups is 1. The van der Waals surface area contributed by atoms with Gasteiger partial charge in [-0.1, -0.05) is 15.9 Å². The van der Waals surface area contributed by atoms with Gasteiger partial charge < -0.3 is 14.8 Å². The lowest BCUT2D eigenvalue weighted by atomic mass is 10.2. The number of carbonyl (C=O) groups excluding carboxylic acids is 1. The molecule has 0 radical (unpaired) electrons. The minimum atomic E-state index is -0.618. The minimum Gasteiger partial charge on any atom is -0.475 e. The second kappa shape index (κ2) is 6.86. The highest BCUT2D eigenvalue weighted by molar-refractivity contribution is 9.10. The normalized spacial score (nSPS) is 11.2. The Kier molecular flexibility index (Phi) is 5.75. The summed E-state index contributed by atoms with van der Waals surface area (Å²) < 4.78 is 9.67. The number of pyridine rings is 1. The molecule has 19 heavy (non-hydrogen) atoms. The van der Waals surface area contributed by atoms with E-state index < -0.39 is 4.32 Å². The molecular formula is C13H19BrN2O3. The van der Waals surface area contributed by atoms with E-state index in [-0.39, 0.29) is 5.91 Å². The largest absolute Gasteiger partial charge is 0.475 e. The van der Waals surface area contributed by atoms with Crippen molar-refractivity contribution in [3.05, 3.63) is 17.8 Å². The SMILES string of the molecule is COCCOc1ccc(NC(=O)C(C)(C)Br)c(C)n1. The molecule has 1 N–H and O–H groups in total. The third kappa shape index (κ3) is 5.16. The number of ether oxygens (including phenoxy) is 2. The number of anilines is 1. The van der Waals surface area contributed by atoms with Gasteiger partial charge in [0, 0.05) is 13.2 Å².